The van der Waals surface area contributed by atoms with E-state index < -0.39 is 0 Å². The topological polar surface area (TPSA) is 119 Å². The van der Waals surface area contributed by atoms with Gasteiger partial charge in [-0.05, 0) is 86.8 Å². The molecule has 1 fully saturated rings. The van der Waals surface area contributed by atoms with Crippen molar-refractivity contribution in [2.45, 2.75) is 32.7 Å². The third-order valence-electron chi connectivity index (χ3n) is 7.37. The van der Waals surface area contributed by atoms with Crippen LogP contribution in [0.15, 0.2) is 78.2 Å². The SMILES string of the molecule is CCN(c1cccnc1)c1nc(-c2ccc(OCCCCCOc3ccc(/C(N)=N\O)cc3)cc2)c(CN2CCOCC2)s1. The van der Waals surface area contributed by atoms with Gasteiger partial charge in [0.25, 0.3) is 0 Å². The van der Waals surface area contributed by atoms with Gasteiger partial charge in [-0.25, -0.2) is 4.98 Å². The van der Waals surface area contributed by atoms with Gasteiger partial charge in [0.15, 0.2) is 11.0 Å². The first kappa shape index (κ1) is 31.2. The molecule has 11 heteroatoms. The summed E-state index contributed by atoms with van der Waals surface area (Å²) in [5.74, 6) is 1.69. The molecule has 3 N–H and O–H groups in total. The molecule has 1 aliphatic heterocycles. The normalized spacial score (nSPS) is 14.0. The molecule has 10 nitrogen and oxygen atoms in total. The number of ether oxygens (including phenoxy) is 3. The largest absolute Gasteiger partial charge is 0.494 e. The molecule has 0 radical (unpaired) electrons. The summed E-state index contributed by atoms with van der Waals surface area (Å²) in [4.78, 5) is 15.4. The van der Waals surface area contributed by atoms with E-state index in [2.05, 4.69) is 45.1 Å². The van der Waals surface area contributed by atoms with E-state index in [1.807, 2.05) is 36.5 Å². The van der Waals surface area contributed by atoms with Crippen molar-refractivity contribution in [3.63, 3.8) is 0 Å². The number of thiazole rings is 1. The monoisotopic (exact) mass is 616 g/mol. The minimum atomic E-state index is 0.0806. The van der Waals surface area contributed by atoms with Gasteiger partial charge in [0.2, 0.25) is 0 Å². The minimum Gasteiger partial charge on any atom is -0.494 e. The van der Waals surface area contributed by atoms with E-state index in [1.54, 1.807) is 29.7 Å². The fourth-order valence-electron chi connectivity index (χ4n) is 4.94. The molecule has 0 amide bonds. The van der Waals surface area contributed by atoms with E-state index in [9.17, 15) is 0 Å². The molecule has 0 aliphatic carbocycles. The molecule has 232 valence electrons. The van der Waals surface area contributed by atoms with Gasteiger partial charge in [-0.1, -0.05) is 16.5 Å². The third-order valence-corrected chi connectivity index (χ3v) is 8.44. The van der Waals surface area contributed by atoms with Crippen LogP contribution in [0.2, 0.25) is 0 Å². The van der Waals surface area contributed by atoms with Gasteiger partial charge in [-0.2, -0.15) is 0 Å². The van der Waals surface area contributed by atoms with Crippen LogP contribution < -0.4 is 20.1 Å². The molecule has 1 saturated heterocycles. The Balaban J connectivity index is 1.14. The van der Waals surface area contributed by atoms with E-state index in [1.165, 1.54) is 4.88 Å². The smallest absolute Gasteiger partial charge is 0.190 e. The minimum absolute atomic E-state index is 0.0806. The average Bonchev–Trinajstić information content (AvgIpc) is 3.48. The molecule has 2 aromatic carbocycles. The second-order valence-corrected chi connectivity index (χ2v) is 11.5. The highest BCUT2D eigenvalue weighted by Gasteiger charge is 2.21. The van der Waals surface area contributed by atoms with Crippen molar-refractivity contribution in [3.05, 3.63) is 83.5 Å². The Morgan fingerprint density at radius 2 is 1.68 bits per heavy atom. The lowest BCUT2D eigenvalue weighted by Crippen LogP contribution is -2.35. The van der Waals surface area contributed by atoms with Crippen molar-refractivity contribution in [3.8, 4) is 22.8 Å². The molecule has 3 heterocycles. The van der Waals surface area contributed by atoms with E-state index in [-0.39, 0.29) is 5.84 Å². The molecule has 1 aliphatic rings. The summed E-state index contributed by atoms with van der Waals surface area (Å²) in [5.41, 5.74) is 9.39. The Hall–Kier alpha value is -4.19. The van der Waals surface area contributed by atoms with Crippen molar-refractivity contribution in [2.24, 2.45) is 10.9 Å². The predicted octanol–water partition coefficient (Wildman–Crippen LogP) is 5.92. The number of hydrogen-bond donors (Lipinski definition) is 2. The second kappa shape index (κ2) is 16.0. The number of anilines is 2. The van der Waals surface area contributed by atoms with Crippen LogP contribution in [0.1, 0.15) is 36.6 Å². The number of aromatic nitrogens is 2. The zero-order valence-electron chi connectivity index (χ0n) is 25.1. The molecule has 4 aromatic rings. The van der Waals surface area contributed by atoms with Gasteiger partial charge >= 0.3 is 0 Å². The van der Waals surface area contributed by atoms with Crippen molar-refractivity contribution < 1.29 is 19.4 Å². The molecule has 2 aromatic heterocycles. The average molecular weight is 617 g/mol. The molecular weight excluding hydrogens is 576 g/mol. The number of rotatable bonds is 15. The quantitative estimate of drug-likeness (QED) is 0.0552. The molecule has 0 atom stereocenters. The highest BCUT2D eigenvalue weighted by Crippen LogP contribution is 2.37. The number of nitrogens with two attached hydrogens (primary N) is 1. The number of oxime groups is 1. The summed E-state index contributed by atoms with van der Waals surface area (Å²) in [7, 11) is 0. The van der Waals surface area contributed by atoms with E-state index in [0.29, 0.717) is 18.8 Å². The summed E-state index contributed by atoms with van der Waals surface area (Å²) in [5, 5.41) is 12.7. The van der Waals surface area contributed by atoms with E-state index in [0.717, 1.165) is 92.2 Å². The second-order valence-electron chi connectivity index (χ2n) is 10.4. The van der Waals surface area contributed by atoms with Gasteiger partial charge in [0.05, 0.1) is 44.0 Å². The van der Waals surface area contributed by atoms with Crippen molar-refractivity contribution in [1.82, 2.24) is 14.9 Å². The summed E-state index contributed by atoms with van der Waals surface area (Å²) < 4.78 is 17.4. The zero-order chi connectivity index (χ0) is 30.6. The van der Waals surface area contributed by atoms with Crippen molar-refractivity contribution >= 4 is 28.0 Å². The van der Waals surface area contributed by atoms with Crippen LogP contribution in [0.4, 0.5) is 10.8 Å². The Labute approximate surface area is 262 Å². The highest BCUT2D eigenvalue weighted by molar-refractivity contribution is 7.16. The Morgan fingerprint density at radius 1 is 1.00 bits per heavy atom. The maximum atomic E-state index is 8.76. The lowest BCUT2D eigenvalue weighted by atomic mass is 10.1. The number of amidine groups is 1. The first-order valence-electron chi connectivity index (χ1n) is 15.1. The highest BCUT2D eigenvalue weighted by atomic mass is 32.1. The Kier molecular flexibility index (Phi) is 11.4. The van der Waals surface area contributed by atoms with Gasteiger partial charge < -0.3 is 30.1 Å². The Bertz CT molecular complexity index is 1460. The van der Waals surface area contributed by atoms with Crippen LogP contribution in [-0.4, -0.2) is 72.0 Å². The molecule has 0 unspecified atom stereocenters. The van der Waals surface area contributed by atoms with Gasteiger partial charge in [-0.3, -0.25) is 9.88 Å². The Morgan fingerprint density at radius 3 is 2.30 bits per heavy atom. The zero-order valence-corrected chi connectivity index (χ0v) is 25.9. The summed E-state index contributed by atoms with van der Waals surface area (Å²) in [6.45, 7) is 8.45. The third kappa shape index (κ3) is 8.46. The lowest BCUT2D eigenvalue weighted by Gasteiger charge is -2.26. The maximum Gasteiger partial charge on any atom is 0.190 e. The molecule has 44 heavy (non-hydrogen) atoms. The molecule has 0 saturated carbocycles. The molecule has 5 rings (SSSR count). The van der Waals surface area contributed by atoms with Crippen molar-refractivity contribution in [2.75, 3.05) is 51.0 Å². The predicted molar refractivity (Wildman–Crippen MR) is 174 cm³/mol. The summed E-state index contributed by atoms with van der Waals surface area (Å²) in [6, 6.07) is 19.5. The lowest BCUT2D eigenvalue weighted by molar-refractivity contribution is 0.0347. The van der Waals surface area contributed by atoms with Crippen molar-refractivity contribution in [1.29, 1.82) is 0 Å². The van der Waals surface area contributed by atoms with Crippen LogP contribution in [0, 0.1) is 0 Å². The summed E-state index contributed by atoms with van der Waals surface area (Å²) in [6.07, 6.45) is 6.54. The maximum absolute atomic E-state index is 8.76. The number of nitrogens with zero attached hydrogens (tertiary/aromatic N) is 5. The van der Waals surface area contributed by atoms with Gasteiger partial charge in [-0.15, -0.1) is 0 Å². The van der Waals surface area contributed by atoms with Gasteiger partial charge in [0, 0.05) is 48.4 Å². The van der Waals surface area contributed by atoms with E-state index in [4.69, 9.17) is 30.1 Å². The first-order chi connectivity index (χ1) is 21.6. The molecule has 0 bridgehead atoms. The number of benzene rings is 2. The van der Waals surface area contributed by atoms with Gasteiger partial charge in [0.1, 0.15) is 11.5 Å². The standard InChI is InChI=1S/C33H40N6O4S/c1-2-39(27-7-6-16-35-23-27)33-36-31(30(44-33)24-38-17-21-41-22-18-38)25-8-12-28(13-9-25)42-19-4-3-5-20-43-29-14-10-26(11-15-29)32(34)37-40/h6-16,23,40H,2-5,17-22,24H2,1H3,(H2,34,37). The number of morpholine rings is 1. The van der Waals surface area contributed by atoms with Crippen LogP contribution in [0.25, 0.3) is 11.3 Å². The first-order valence-corrected chi connectivity index (χ1v) is 15.9. The number of hydrogen-bond acceptors (Lipinski definition) is 10. The summed E-state index contributed by atoms with van der Waals surface area (Å²) >= 11 is 1.75. The fourth-order valence-corrected chi connectivity index (χ4v) is 6.15. The van der Waals surface area contributed by atoms with Crippen LogP contribution in [0.3, 0.4) is 0 Å². The van der Waals surface area contributed by atoms with Crippen LogP contribution in [0.5, 0.6) is 11.5 Å². The molecular formula is C33H40N6O4S. The van der Waals surface area contributed by atoms with Crippen LogP contribution in [-0.2, 0) is 11.3 Å². The van der Waals surface area contributed by atoms with Crippen LogP contribution >= 0.6 is 11.3 Å². The van der Waals surface area contributed by atoms with E-state index >= 15 is 0 Å². The number of pyridine rings is 1. The fraction of sp³-hybridized carbons (Fsp3) is 0.364. The molecule has 0 spiro atoms. The number of unbranched alkanes of at least 4 members (excludes halogenated alkanes) is 2.